The second-order valence-corrected chi connectivity index (χ2v) is 5.19. The molecular weight excluding hydrogens is 250 g/mol. The predicted molar refractivity (Wildman–Crippen MR) is 79.2 cm³/mol. The van der Waals surface area contributed by atoms with E-state index in [-0.39, 0.29) is 5.78 Å². The highest BCUT2D eigenvalue weighted by atomic mass is 16.5. The molecule has 0 bridgehead atoms. The second-order valence-electron chi connectivity index (χ2n) is 5.19. The van der Waals surface area contributed by atoms with Crippen molar-refractivity contribution in [1.29, 1.82) is 0 Å². The third kappa shape index (κ3) is 3.44. The smallest absolute Gasteiger partial charge is 0.194 e. The van der Waals surface area contributed by atoms with Gasteiger partial charge in [-0.1, -0.05) is 13.8 Å². The minimum Gasteiger partial charge on any atom is -0.497 e. The highest BCUT2D eigenvalue weighted by molar-refractivity contribution is 6.08. The molecule has 0 aliphatic heterocycles. The number of ether oxygens (including phenoxy) is 1. The summed E-state index contributed by atoms with van der Waals surface area (Å²) >= 11 is 0. The van der Waals surface area contributed by atoms with Gasteiger partial charge in [0.05, 0.1) is 7.11 Å². The lowest BCUT2D eigenvalue weighted by molar-refractivity contribution is 0.103. The van der Waals surface area contributed by atoms with Crippen molar-refractivity contribution < 1.29 is 9.53 Å². The van der Waals surface area contributed by atoms with Crippen molar-refractivity contribution >= 4 is 5.78 Å². The van der Waals surface area contributed by atoms with Gasteiger partial charge in [0.2, 0.25) is 0 Å². The maximum absolute atomic E-state index is 12.3. The van der Waals surface area contributed by atoms with Crippen LogP contribution in [0.4, 0.5) is 0 Å². The lowest BCUT2D eigenvalue weighted by atomic mass is 10.0. The zero-order valence-electron chi connectivity index (χ0n) is 12.1. The monoisotopic (exact) mass is 269 g/mol. The Morgan fingerprint density at radius 3 is 2.25 bits per heavy atom. The van der Waals surface area contributed by atoms with Crippen molar-refractivity contribution in [1.82, 2.24) is 4.98 Å². The number of carbonyl (C=O) groups is 1. The van der Waals surface area contributed by atoms with E-state index in [1.165, 1.54) is 0 Å². The van der Waals surface area contributed by atoms with Crippen LogP contribution in [0.1, 0.15) is 35.5 Å². The Labute approximate surface area is 119 Å². The Hall–Kier alpha value is -2.16. The minimum atomic E-state index is -0.0174. The molecule has 0 unspecified atom stereocenters. The summed E-state index contributed by atoms with van der Waals surface area (Å²) in [5.74, 6) is 1.29. The zero-order valence-corrected chi connectivity index (χ0v) is 12.1. The van der Waals surface area contributed by atoms with Crippen molar-refractivity contribution in [3.63, 3.8) is 0 Å². The highest BCUT2D eigenvalue weighted by Gasteiger charge is 2.10. The fourth-order valence-corrected chi connectivity index (χ4v) is 2.01. The molecule has 0 saturated carbocycles. The molecule has 0 aliphatic rings. The van der Waals surface area contributed by atoms with E-state index in [1.807, 2.05) is 12.1 Å². The third-order valence-corrected chi connectivity index (χ3v) is 3.06. The van der Waals surface area contributed by atoms with Gasteiger partial charge in [-0.15, -0.1) is 0 Å². The summed E-state index contributed by atoms with van der Waals surface area (Å²) in [5, 5.41) is 0. The molecule has 3 nitrogen and oxygen atoms in total. The summed E-state index contributed by atoms with van der Waals surface area (Å²) in [7, 11) is 1.61. The van der Waals surface area contributed by atoms with Gasteiger partial charge < -0.3 is 4.74 Å². The fraction of sp³-hybridized carbons (Fsp3) is 0.294. The van der Waals surface area contributed by atoms with Crippen molar-refractivity contribution in [3.05, 3.63) is 59.4 Å². The molecule has 0 aliphatic carbocycles. The second kappa shape index (κ2) is 6.33. The molecule has 0 N–H and O–H groups in total. The number of hydrogen-bond acceptors (Lipinski definition) is 3. The molecule has 3 heteroatoms. The van der Waals surface area contributed by atoms with Gasteiger partial charge >= 0.3 is 0 Å². The molecule has 1 heterocycles. The van der Waals surface area contributed by atoms with E-state index in [4.69, 9.17) is 4.74 Å². The summed E-state index contributed by atoms with van der Waals surface area (Å²) in [4.78, 5) is 16.7. The molecule has 20 heavy (non-hydrogen) atoms. The quantitative estimate of drug-likeness (QED) is 0.780. The molecule has 1 aromatic carbocycles. The van der Waals surface area contributed by atoms with Crippen LogP contribution >= 0.6 is 0 Å². The number of carbonyl (C=O) groups excluding carboxylic acids is 1. The molecule has 0 fully saturated rings. The Bertz CT molecular complexity index is 571. The van der Waals surface area contributed by atoms with Crippen molar-refractivity contribution in [3.8, 4) is 5.75 Å². The summed E-state index contributed by atoms with van der Waals surface area (Å²) in [6.45, 7) is 4.30. The van der Waals surface area contributed by atoms with Gasteiger partial charge in [-0.05, 0) is 48.7 Å². The van der Waals surface area contributed by atoms with Gasteiger partial charge in [0, 0.05) is 23.0 Å². The van der Waals surface area contributed by atoms with Crippen LogP contribution < -0.4 is 4.74 Å². The van der Waals surface area contributed by atoms with Crippen LogP contribution in [0.3, 0.4) is 0 Å². The molecule has 0 atom stereocenters. The number of ketones is 1. The van der Waals surface area contributed by atoms with Crippen LogP contribution in [0, 0.1) is 5.92 Å². The first-order valence-corrected chi connectivity index (χ1v) is 6.74. The fourth-order valence-electron chi connectivity index (χ4n) is 2.01. The summed E-state index contributed by atoms with van der Waals surface area (Å²) < 4.78 is 5.08. The van der Waals surface area contributed by atoms with Gasteiger partial charge in [-0.2, -0.15) is 0 Å². The molecule has 0 amide bonds. The Balaban J connectivity index is 2.15. The van der Waals surface area contributed by atoms with Crippen molar-refractivity contribution in [2.45, 2.75) is 20.3 Å². The Morgan fingerprint density at radius 1 is 1.10 bits per heavy atom. The largest absolute Gasteiger partial charge is 0.497 e. The van der Waals surface area contributed by atoms with Crippen LogP contribution in [0.25, 0.3) is 0 Å². The van der Waals surface area contributed by atoms with E-state index < -0.39 is 0 Å². The molecule has 104 valence electrons. The van der Waals surface area contributed by atoms with Gasteiger partial charge in [0.25, 0.3) is 0 Å². The van der Waals surface area contributed by atoms with E-state index >= 15 is 0 Å². The molecule has 2 aromatic rings. The average Bonchev–Trinajstić information content (AvgIpc) is 2.47. The van der Waals surface area contributed by atoms with E-state index in [9.17, 15) is 4.79 Å². The lowest BCUT2D eigenvalue weighted by Crippen LogP contribution is -2.04. The minimum absolute atomic E-state index is 0.0174. The van der Waals surface area contributed by atoms with E-state index in [2.05, 4.69) is 18.8 Å². The average molecular weight is 269 g/mol. The first-order valence-electron chi connectivity index (χ1n) is 6.74. The van der Waals surface area contributed by atoms with Gasteiger partial charge in [-0.3, -0.25) is 9.78 Å². The number of benzene rings is 1. The molecule has 0 radical (unpaired) electrons. The van der Waals surface area contributed by atoms with Crippen molar-refractivity contribution in [2.24, 2.45) is 5.92 Å². The summed E-state index contributed by atoms with van der Waals surface area (Å²) in [6.07, 6.45) is 2.58. The van der Waals surface area contributed by atoms with E-state index in [0.717, 1.165) is 17.9 Å². The number of methoxy groups -OCH3 is 1. The van der Waals surface area contributed by atoms with E-state index in [1.54, 1.807) is 37.6 Å². The first-order chi connectivity index (χ1) is 9.60. The third-order valence-electron chi connectivity index (χ3n) is 3.06. The highest BCUT2D eigenvalue weighted by Crippen LogP contribution is 2.15. The van der Waals surface area contributed by atoms with Crippen LogP contribution in [0.2, 0.25) is 0 Å². The van der Waals surface area contributed by atoms with Crippen LogP contribution in [0.5, 0.6) is 5.75 Å². The number of nitrogens with zero attached hydrogens (tertiary/aromatic N) is 1. The van der Waals surface area contributed by atoms with Crippen LogP contribution in [0.15, 0.2) is 42.6 Å². The van der Waals surface area contributed by atoms with Gasteiger partial charge in [0.15, 0.2) is 5.78 Å². The maximum Gasteiger partial charge on any atom is 0.194 e. The Morgan fingerprint density at radius 2 is 1.75 bits per heavy atom. The van der Waals surface area contributed by atoms with Crippen LogP contribution in [-0.4, -0.2) is 17.9 Å². The Kier molecular flexibility index (Phi) is 4.51. The normalized spacial score (nSPS) is 10.6. The van der Waals surface area contributed by atoms with Crippen LogP contribution in [-0.2, 0) is 6.42 Å². The SMILES string of the molecule is COc1ccc(C(=O)c2ccc(CC(C)C)nc2)cc1. The topological polar surface area (TPSA) is 39.2 Å². The number of pyridine rings is 1. The molecule has 0 saturated heterocycles. The zero-order chi connectivity index (χ0) is 14.5. The molecular formula is C17H19NO2. The lowest BCUT2D eigenvalue weighted by Gasteiger charge is -2.06. The number of rotatable bonds is 5. The standard InChI is InChI=1S/C17H19NO2/c1-12(2)10-15-7-4-14(11-18-15)17(19)13-5-8-16(20-3)9-6-13/h4-9,11-12H,10H2,1-3H3. The predicted octanol–water partition coefficient (Wildman–Crippen LogP) is 3.52. The molecule has 2 rings (SSSR count). The summed E-state index contributed by atoms with van der Waals surface area (Å²) in [5.41, 5.74) is 2.28. The van der Waals surface area contributed by atoms with Gasteiger partial charge in [0.1, 0.15) is 5.75 Å². The van der Waals surface area contributed by atoms with E-state index in [0.29, 0.717) is 17.0 Å². The number of aromatic nitrogens is 1. The maximum atomic E-state index is 12.3. The molecule has 0 spiro atoms. The van der Waals surface area contributed by atoms with Gasteiger partial charge in [-0.25, -0.2) is 0 Å². The van der Waals surface area contributed by atoms with Crippen molar-refractivity contribution in [2.75, 3.05) is 7.11 Å². The molecule has 1 aromatic heterocycles. The summed E-state index contributed by atoms with van der Waals surface area (Å²) in [6, 6.07) is 10.9. The number of hydrogen-bond donors (Lipinski definition) is 0. The first kappa shape index (κ1) is 14.3.